The van der Waals surface area contributed by atoms with Gasteiger partial charge in [-0.15, -0.1) is 0 Å². The molecule has 0 bridgehead atoms. The third kappa shape index (κ3) is 7.69. The molecule has 9 heteroatoms. The highest BCUT2D eigenvalue weighted by molar-refractivity contribution is 7.87. The SMILES string of the molecule is COCCNC(=O)CN1CCN(CCS(=O)(=O)Oc2ccccc2)CC1. The Morgan fingerprint density at radius 1 is 1.12 bits per heavy atom. The maximum absolute atomic E-state index is 12.1. The van der Waals surface area contributed by atoms with Gasteiger partial charge in [0, 0.05) is 46.4 Å². The quantitative estimate of drug-likeness (QED) is 0.440. The van der Waals surface area contributed by atoms with Crippen LogP contribution in [0.5, 0.6) is 5.75 Å². The number of amides is 1. The smallest absolute Gasteiger partial charge is 0.310 e. The van der Waals surface area contributed by atoms with Crippen LogP contribution < -0.4 is 9.50 Å². The number of hydrogen-bond donors (Lipinski definition) is 1. The summed E-state index contributed by atoms with van der Waals surface area (Å²) in [4.78, 5) is 15.9. The summed E-state index contributed by atoms with van der Waals surface area (Å²) in [6.07, 6.45) is 0. The summed E-state index contributed by atoms with van der Waals surface area (Å²) in [7, 11) is -2.02. The second-order valence-electron chi connectivity index (χ2n) is 6.12. The molecule has 0 saturated carbocycles. The molecule has 0 unspecified atom stereocenters. The van der Waals surface area contributed by atoms with Crippen molar-refractivity contribution in [3.05, 3.63) is 30.3 Å². The molecule has 26 heavy (non-hydrogen) atoms. The number of piperazine rings is 1. The van der Waals surface area contributed by atoms with Gasteiger partial charge in [-0.05, 0) is 12.1 Å². The van der Waals surface area contributed by atoms with Crippen LogP contribution in [0.15, 0.2) is 30.3 Å². The summed E-state index contributed by atoms with van der Waals surface area (Å²) in [5, 5.41) is 2.80. The van der Waals surface area contributed by atoms with Crippen molar-refractivity contribution < 1.29 is 22.1 Å². The first-order chi connectivity index (χ1) is 12.5. The van der Waals surface area contributed by atoms with Crippen LogP contribution in [0.1, 0.15) is 0 Å². The number of rotatable bonds is 10. The Labute approximate surface area is 155 Å². The van der Waals surface area contributed by atoms with Gasteiger partial charge in [0.2, 0.25) is 5.91 Å². The molecule has 146 valence electrons. The molecule has 1 aromatic carbocycles. The highest BCUT2D eigenvalue weighted by Crippen LogP contribution is 2.12. The lowest BCUT2D eigenvalue weighted by molar-refractivity contribution is -0.122. The number of benzene rings is 1. The zero-order valence-corrected chi connectivity index (χ0v) is 15.9. The van der Waals surface area contributed by atoms with E-state index in [1.165, 1.54) is 0 Å². The van der Waals surface area contributed by atoms with Crippen molar-refractivity contribution >= 4 is 16.0 Å². The molecule has 1 fully saturated rings. The lowest BCUT2D eigenvalue weighted by Crippen LogP contribution is -2.50. The van der Waals surface area contributed by atoms with Crippen molar-refractivity contribution in [2.45, 2.75) is 0 Å². The maximum atomic E-state index is 12.1. The molecule has 0 aromatic heterocycles. The Kier molecular flexibility index (Phi) is 8.30. The predicted molar refractivity (Wildman–Crippen MR) is 98.6 cm³/mol. The van der Waals surface area contributed by atoms with E-state index in [-0.39, 0.29) is 11.7 Å². The van der Waals surface area contributed by atoms with Gasteiger partial charge in [0.15, 0.2) is 0 Å². The van der Waals surface area contributed by atoms with Crippen LogP contribution in [0.3, 0.4) is 0 Å². The molecule has 0 aliphatic carbocycles. The lowest BCUT2D eigenvalue weighted by Gasteiger charge is -2.34. The molecule has 0 spiro atoms. The van der Waals surface area contributed by atoms with Crippen LogP contribution in [0.25, 0.3) is 0 Å². The third-order valence-corrected chi connectivity index (χ3v) is 5.21. The van der Waals surface area contributed by atoms with E-state index in [0.29, 0.717) is 32.0 Å². The summed E-state index contributed by atoms with van der Waals surface area (Å²) in [6.45, 7) is 4.70. The number of carbonyl (C=O) groups is 1. The monoisotopic (exact) mass is 385 g/mol. The van der Waals surface area contributed by atoms with Crippen LogP contribution in [0.2, 0.25) is 0 Å². The minimum atomic E-state index is -3.61. The van der Waals surface area contributed by atoms with E-state index in [1.807, 2.05) is 0 Å². The van der Waals surface area contributed by atoms with E-state index in [2.05, 4.69) is 15.1 Å². The summed E-state index contributed by atoms with van der Waals surface area (Å²) < 4.78 is 34.1. The van der Waals surface area contributed by atoms with Crippen molar-refractivity contribution in [1.82, 2.24) is 15.1 Å². The second-order valence-corrected chi connectivity index (χ2v) is 7.81. The Morgan fingerprint density at radius 2 is 1.77 bits per heavy atom. The third-order valence-electron chi connectivity index (χ3n) is 4.08. The minimum absolute atomic E-state index is 0.0191. The van der Waals surface area contributed by atoms with Crippen LogP contribution in [-0.4, -0.2) is 89.4 Å². The van der Waals surface area contributed by atoms with E-state index in [9.17, 15) is 13.2 Å². The standard InChI is InChI=1S/C17H27N3O5S/c1-24-13-7-18-17(21)15-20-10-8-19(9-11-20)12-14-26(22,23)25-16-5-3-2-4-6-16/h2-6H,7-15H2,1H3,(H,18,21). The van der Waals surface area contributed by atoms with Gasteiger partial charge in [-0.1, -0.05) is 18.2 Å². The first-order valence-corrected chi connectivity index (χ1v) is 10.2. The molecule has 1 aromatic rings. The van der Waals surface area contributed by atoms with Gasteiger partial charge < -0.3 is 14.2 Å². The first kappa shape index (κ1) is 20.6. The molecule has 1 aliphatic heterocycles. The number of nitrogens with one attached hydrogen (secondary N) is 1. The number of ether oxygens (including phenoxy) is 1. The van der Waals surface area contributed by atoms with Gasteiger partial charge in [0.05, 0.1) is 18.9 Å². The van der Waals surface area contributed by atoms with E-state index >= 15 is 0 Å². The predicted octanol–water partition coefficient (Wildman–Crippen LogP) is -0.225. The van der Waals surface area contributed by atoms with Gasteiger partial charge >= 0.3 is 10.1 Å². The minimum Gasteiger partial charge on any atom is -0.383 e. The largest absolute Gasteiger partial charge is 0.383 e. The van der Waals surface area contributed by atoms with Crippen LogP contribution in [0.4, 0.5) is 0 Å². The Balaban J connectivity index is 1.66. The fourth-order valence-corrected chi connectivity index (χ4v) is 3.60. The molecular formula is C17H27N3O5S. The summed E-state index contributed by atoms with van der Waals surface area (Å²) in [5.41, 5.74) is 0. The van der Waals surface area contributed by atoms with Crippen molar-refractivity contribution in [2.75, 3.05) is 65.3 Å². The normalized spacial score (nSPS) is 16.3. The molecular weight excluding hydrogens is 358 g/mol. The number of methoxy groups -OCH3 is 1. The maximum Gasteiger partial charge on any atom is 0.310 e. The van der Waals surface area contributed by atoms with Gasteiger partial charge in [-0.2, -0.15) is 8.42 Å². The molecule has 1 aliphatic rings. The number of para-hydroxylation sites is 1. The molecule has 2 rings (SSSR count). The summed E-state index contributed by atoms with van der Waals surface area (Å²) >= 11 is 0. The molecule has 0 atom stereocenters. The van der Waals surface area contributed by atoms with Crippen LogP contribution in [-0.2, 0) is 19.6 Å². The van der Waals surface area contributed by atoms with Gasteiger partial charge in [-0.25, -0.2) is 0 Å². The molecule has 1 N–H and O–H groups in total. The average molecular weight is 385 g/mol. The first-order valence-electron chi connectivity index (χ1n) is 8.66. The Hall–Kier alpha value is -1.68. The highest BCUT2D eigenvalue weighted by atomic mass is 32.2. The average Bonchev–Trinajstić information content (AvgIpc) is 2.62. The van der Waals surface area contributed by atoms with Gasteiger partial charge in [0.25, 0.3) is 0 Å². The van der Waals surface area contributed by atoms with Crippen LogP contribution >= 0.6 is 0 Å². The topological polar surface area (TPSA) is 88.2 Å². The Bertz CT molecular complexity index is 646. The van der Waals surface area contributed by atoms with Crippen molar-refractivity contribution in [3.8, 4) is 5.75 Å². The van der Waals surface area contributed by atoms with Gasteiger partial charge in [0.1, 0.15) is 5.75 Å². The van der Waals surface area contributed by atoms with Gasteiger partial charge in [-0.3, -0.25) is 14.6 Å². The molecule has 0 radical (unpaired) electrons. The van der Waals surface area contributed by atoms with E-state index in [4.69, 9.17) is 8.92 Å². The van der Waals surface area contributed by atoms with Crippen molar-refractivity contribution in [3.63, 3.8) is 0 Å². The van der Waals surface area contributed by atoms with E-state index in [1.54, 1.807) is 37.4 Å². The molecule has 1 saturated heterocycles. The number of hydrogen-bond acceptors (Lipinski definition) is 7. The number of carbonyl (C=O) groups excluding carboxylic acids is 1. The summed E-state index contributed by atoms with van der Waals surface area (Å²) in [6, 6.07) is 8.50. The molecule has 1 heterocycles. The second kappa shape index (κ2) is 10.5. The fourth-order valence-electron chi connectivity index (χ4n) is 2.63. The summed E-state index contributed by atoms with van der Waals surface area (Å²) in [5.74, 6) is 0.255. The number of nitrogens with zero attached hydrogens (tertiary/aromatic N) is 2. The van der Waals surface area contributed by atoms with Crippen molar-refractivity contribution in [1.29, 1.82) is 0 Å². The fraction of sp³-hybridized carbons (Fsp3) is 0.588. The zero-order valence-electron chi connectivity index (χ0n) is 15.1. The molecule has 8 nitrogen and oxygen atoms in total. The van der Waals surface area contributed by atoms with E-state index < -0.39 is 10.1 Å². The van der Waals surface area contributed by atoms with E-state index in [0.717, 1.165) is 26.2 Å². The van der Waals surface area contributed by atoms with Crippen LogP contribution in [0, 0.1) is 0 Å². The van der Waals surface area contributed by atoms with Crippen molar-refractivity contribution in [2.24, 2.45) is 0 Å². The molecule has 1 amide bonds. The lowest BCUT2D eigenvalue weighted by atomic mass is 10.3. The Morgan fingerprint density at radius 3 is 2.42 bits per heavy atom. The zero-order chi connectivity index (χ0) is 18.8. The highest BCUT2D eigenvalue weighted by Gasteiger charge is 2.21.